The van der Waals surface area contributed by atoms with Gasteiger partial charge in [0.15, 0.2) is 5.82 Å². The fourth-order valence-corrected chi connectivity index (χ4v) is 1.69. The minimum atomic E-state index is -0.128. The highest BCUT2D eigenvalue weighted by atomic mass is 16.1. The van der Waals surface area contributed by atoms with E-state index in [4.69, 9.17) is 0 Å². The highest BCUT2D eigenvalue weighted by Gasteiger charge is 2.16. The molecule has 2 aromatic rings. The second-order valence-corrected chi connectivity index (χ2v) is 3.92. The maximum Gasteiger partial charge on any atom is 0.220 e. The largest absolute Gasteiger partial charge is 0.349 e. The summed E-state index contributed by atoms with van der Waals surface area (Å²) in [5.41, 5.74) is 1.03. The van der Waals surface area contributed by atoms with Crippen molar-refractivity contribution in [1.29, 1.82) is 0 Å². The molecule has 0 aliphatic rings. The molecule has 1 amide bonds. The molecule has 0 spiro atoms. The molecule has 1 aromatic carbocycles. The molecule has 2 N–H and O–H groups in total. The number of aromatic nitrogens is 4. The molecular formula is C12H15N5O. The molecule has 1 atom stereocenters. The minimum Gasteiger partial charge on any atom is -0.349 e. The van der Waals surface area contributed by atoms with E-state index in [1.54, 1.807) is 0 Å². The Morgan fingerprint density at radius 3 is 2.78 bits per heavy atom. The van der Waals surface area contributed by atoms with Gasteiger partial charge in [-0.25, -0.2) is 0 Å². The number of amides is 1. The van der Waals surface area contributed by atoms with Gasteiger partial charge in [0, 0.05) is 12.8 Å². The van der Waals surface area contributed by atoms with Gasteiger partial charge in [-0.3, -0.25) is 4.79 Å². The number of carbonyl (C=O) groups excluding carboxylic acids is 1. The van der Waals surface area contributed by atoms with Crippen LogP contribution in [0.4, 0.5) is 0 Å². The first-order chi connectivity index (χ1) is 8.79. The lowest BCUT2D eigenvalue weighted by molar-refractivity contribution is -0.121. The second-order valence-electron chi connectivity index (χ2n) is 3.92. The molecule has 0 fully saturated rings. The Morgan fingerprint density at radius 1 is 1.39 bits per heavy atom. The standard InChI is InChI=1S/C12H15N5O/c1-2-12(18)13-10(8-11-14-16-17-15-11)9-6-4-3-5-7-9/h3-7,10H,2,8H2,1H3,(H,13,18)(H,14,15,16,17). The van der Waals surface area contributed by atoms with Gasteiger partial charge in [-0.2, -0.15) is 5.21 Å². The van der Waals surface area contributed by atoms with Crippen molar-refractivity contribution in [3.05, 3.63) is 41.7 Å². The number of tetrazole rings is 1. The summed E-state index contributed by atoms with van der Waals surface area (Å²) >= 11 is 0. The third-order valence-electron chi connectivity index (χ3n) is 2.63. The zero-order chi connectivity index (χ0) is 12.8. The molecule has 0 bridgehead atoms. The summed E-state index contributed by atoms with van der Waals surface area (Å²) in [5.74, 6) is 0.590. The zero-order valence-electron chi connectivity index (χ0n) is 10.1. The average molecular weight is 245 g/mol. The van der Waals surface area contributed by atoms with Gasteiger partial charge in [0.2, 0.25) is 5.91 Å². The average Bonchev–Trinajstić information content (AvgIpc) is 2.92. The van der Waals surface area contributed by atoms with Gasteiger partial charge in [0.1, 0.15) is 0 Å². The lowest BCUT2D eigenvalue weighted by Crippen LogP contribution is -2.29. The summed E-state index contributed by atoms with van der Waals surface area (Å²) in [6.45, 7) is 1.83. The summed E-state index contributed by atoms with van der Waals surface area (Å²) in [7, 11) is 0. The summed E-state index contributed by atoms with van der Waals surface area (Å²) in [6.07, 6.45) is 0.974. The van der Waals surface area contributed by atoms with E-state index in [1.165, 1.54) is 0 Å². The van der Waals surface area contributed by atoms with E-state index in [9.17, 15) is 4.79 Å². The molecule has 6 nitrogen and oxygen atoms in total. The summed E-state index contributed by atoms with van der Waals surface area (Å²) in [6, 6.07) is 9.64. The van der Waals surface area contributed by atoms with Crippen LogP contribution >= 0.6 is 0 Å². The Balaban J connectivity index is 2.15. The molecule has 94 valence electrons. The fraction of sp³-hybridized carbons (Fsp3) is 0.333. The van der Waals surface area contributed by atoms with Crippen molar-refractivity contribution in [1.82, 2.24) is 25.9 Å². The second kappa shape index (κ2) is 5.90. The molecule has 0 aliphatic heterocycles. The first-order valence-electron chi connectivity index (χ1n) is 5.86. The first-order valence-corrected chi connectivity index (χ1v) is 5.86. The van der Waals surface area contributed by atoms with Crippen LogP contribution in [0.2, 0.25) is 0 Å². The van der Waals surface area contributed by atoms with Crippen LogP contribution in [-0.4, -0.2) is 26.5 Å². The number of H-pyrrole nitrogens is 1. The molecular weight excluding hydrogens is 230 g/mol. The van der Waals surface area contributed by atoms with Crippen LogP contribution in [-0.2, 0) is 11.2 Å². The normalized spacial score (nSPS) is 12.1. The molecule has 1 heterocycles. The summed E-state index contributed by atoms with van der Waals surface area (Å²) in [4.78, 5) is 11.5. The lowest BCUT2D eigenvalue weighted by Gasteiger charge is -2.17. The molecule has 0 saturated carbocycles. The highest BCUT2D eigenvalue weighted by molar-refractivity contribution is 5.76. The molecule has 1 unspecified atom stereocenters. The highest BCUT2D eigenvalue weighted by Crippen LogP contribution is 2.16. The van der Waals surface area contributed by atoms with Crippen LogP contribution in [0.15, 0.2) is 30.3 Å². The van der Waals surface area contributed by atoms with Gasteiger partial charge in [-0.1, -0.05) is 42.5 Å². The predicted octanol–water partition coefficient (Wildman–Crippen LogP) is 1.01. The Morgan fingerprint density at radius 2 is 2.17 bits per heavy atom. The molecule has 2 rings (SSSR count). The molecule has 1 aromatic heterocycles. The predicted molar refractivity (Wildman–Crippen MR) is 65.5 cm³/mol. The minimum absolute atomic E-state index is 0.00680. The van der Waals surface area contributed by atoms with Gasteiger partial charge < -0.3 is 5.32 Å². The zero-order valence-corrected chi connectivity index (χ0v) is 10.1. The van der Waals surface area contributed by atoms with Crippen molar-refractivity contribution in [2.45, 2.75) is 25.8 Å². The van der Waals surface area contributed by atoms with Crippen LogP contribution in [0, 0.1) is 0 Å². The van der Waals surface area contributed by atoms with Gasteiger partial charge >= 0.3 is 0 Å². The van der Waals surface area contributed by atoms with Crippen molar-refractivity contribution in [2.24, 2.45) is 0 Å². The number of benzene rings is 1. The molecule has 6 heteroatoms. The van der Waals surface area contributed by atoms with Crippen molar-refractivity contribution in [3.63, 3.8) is 0 Å². The van der Waals surface area contributed by atoms with Crippen molar-refractivity contribution in [2.75, 3.05) is 0 Å². The monoisotopic (exact) mass is 245 g/mol. The van der Waals surface area contributed by atoms with Crippen molar-refractivity contribution >= 4 is 5.91 Å². The van der Waals surface area contributed by atoms with Crippen LogP contribution in [0.25, 0.3) is 0 Å². The quantitative estimate of drug-likeness (QED) is 0.823. The Hall–Kier alpha value is -2.24. The number of nitrogens with one attached hydrogen (secondary N) is 2. The number of aromatic amines is 1. The summed E-state index contributed by atoms with van der Waals surface area (Å²) < 4.78 is 0. The maximum absolute atomic E-state index is 11.5. The fourth-order valence-electron chi connectivity index (χ4n) is 1.69. The maximum atomic E-state index is 11.5. The molecule has 0 radical (unpaired) electrons. The SMILES string of the molecule is CCC(=O)NC(Cc1nn[nH]n1)c1ccccc1. The third kappa shape index (κ3) is 3.13. The molecule has 0 aliphatic carbocycles. The van der Waals surface area contributed by atoms with E-state index in [1.807, 2.05) is 37.3 Å². The van der Waals surface area contributed by atoms with Gasteiger partial charge in [0.25, 0.3) is 0 Å². The van der Waals surface area contributed by atoms with Gasteiger partial charge in [-0.15, -0.1) is 10.2 Å². The smallest absolute Gasteiger partial charge is 0.220 e. The number of hydrogen-bond donors (Lipinski definition) is 2. The van der Waals surface area contributed by atoms with Crippen LogP contribution in [0.3, 0.4) is 0 Å². The first kappa shape index (κ1) is 12.2. The van der Waals surface area contributed by atoms with E-state index in [2.05, 4.69) is 25.9 Å². The van der Waals surface area contributed by atoms with Crippen molar-refractivity contribution in [3.8, 4) is 0 Å². The number of carbonyl (C=O) groups is 1. The topological polar surface area (TPSA) is 83.6 Å². The van der Waals surface area contributed by atoms with E-state index < -0.39 is 0 Å². The van der Waals surface area contributed by atoms with Crippen molar-refractivity contribution < 1.29 is 4.79 Å². The third-order valence-corrected chi connectivity index (χ3v) is 2.63. The van der Waals surface area contributed by atoms with Crippen LogP contribution in [0.1, 0.15) is 30.8 Å². The Kier molecular flexibility index (Phi) is 4.01. The molecule has 0 saturated heterocycles. The number of hydrogen-bond acceptors (Lipinski definition) is 4. The van der Waals surface area contributed by atoms with E-state index in [0.717, 1.165) is 5.56 Å². The Labute approximate surface area is 105 Å². The lowest BCUT2D eigenvalue weighted by atomic mass is 10.0. The summed E-state index contributed by atoms with van der Waals surface area (Å²) in [5, 5.41) is 16.7. The van der Waals surface area contributed by atoms with Gasteiger partial charge in [-0.05, 0) is 5.56 Å². The number of nitrogens with zero attached hydrogens (tertiary/aromatic N) is 3. The van der Waals surface area contributed by atoms with E-state index >= 15 is 0 Å². The molecule has 18 heavy (non-hydrogen) atoms. The van der Waals surface area contributed by atoms with E-state index in [0.29, 0.717) is 18.7 Å². The Bertz CT molecular complexity index is 482. The van der Waals surface area contributed by atoms with Gasteiger partial charge in [0.05, 0.1) is 6.04 Å². The van der Waals surface area contributed by atoms with E-state index in [-0.39, 0.29) is 11.9 Å². The van der Waals surface area contributed by atoms with Crippen LogP contribution in [0.5, 0.6) is 0 Å². The van der Waals surface area contributed by atoms with Crippen LogP contribution < -0.4 is 5.32 Å². The number of rotatable bonds is 5.